The van der Waals surface area contributed by atoms with Crippen LogP contribution in [0.1, 0.15) is 12.5 Å². The van der Waals surface area contributed by atoms with E-state index in [2.05, 4.69) is 11.9 Å². The van der Waals surface area contributed by atoms with Gasteiger partial charge in [0.2, 0.25) is 5.71 Å². The SMILES string of the molecule is CCc1ccnc2occ(N)c12. The van der Waals surface area contributed by atoms with Crippen LogP contribution in [0.15, 0.2) is 22.9 Å². The van der Waals surface area contributed by atoms with Crippen LogP contribution in [0.25, 0.3) is 11.1 Å². The van der Waals surface area contributed by atoms with Gasteiger partial charge in [-0.2, -0.15) is 0 Å². The molecule has 3 heteroatoms. The van der Waals surface area contributed by atoms with Crippen molar-refractivity contribution < 1.29 is 4.42 Å². The third-order valence-corrected chi connectivity index (χ3v) is 1.97. The Kier molecular flexibility index (Phi) is 1.50. The first-order valence-corrected chi connectivity index (χ1v) is 3.93. The lowest BCUT2D eigenvalue weighted by atomic mass is 10.1. The summed E-state index contributed by atoms with van der Waals surface area (Å²) in [5.41, 5.74) is 8.21. The van der Waals surface area contributed by atoms with Crippen molar-refractivity contribution in [2.75, 3.05) is 5.73 Å². The Morgan fingerprint density at radius 2 is 2.42 bits per heavy atom. The predicted molar refractivity (Wildman–Crippen MR) is 47.8 cm³/mol. The number of hydrogen-bond acceptors (Lipinski definition) is 3. The second kappa shape index (κ2) is 2.52. The maximum absolute atomic E-state index is 5.72. The molecule has 0 atom stereocenters. The summed E-state index contributed by atoms with van der Waals surface area (Å²) in [4.78, 5) is 4.06. The van der Waals surface area contributed by atoms with Crippen molar-refractivity contribution in [3.05, 3.63) is 24.1 Å². The molecule has 2 N–H and O–H groups in total. The first kappa shape index (κ1) is 7.16. The van der Waals surface area contributed by atoms with Gasteiger partial charge in [-0.05, 0) is 18.1 Å². The van der Waals surface area contributed by atoms with Crippen molar-refractivity contribution in [2.45, 2.75) is 13.3 Å². The fourth-order valence-electron chi connectivity index (χ4n) is 1.35. The van der Waals surface area contributed by atoms with Crippen LogP contribution in [0, 0.1) is 0 Å². The highest BCUT2D eigenvalue weighted by molar-refractivity contribution is 5.89. The summed E-state index contributed by atoms with van der Waals surface area (Å²) >= 11 is 0. The third-order valence-electron chi connectivity index (χ3n) is 1.97. The van der Waals surface area contributed by atoms with Crippen molar-refractivity contribution in [3.63, 3.8) is 0 Å². The van der Waals surface area contributed by atoms with E-state index in [0.717, 1.165) is 11.8 Å². The Hall–Kier alpha value is -1.51. The molecule has 0 aliphatic rings. The lowest BCUT2D eigenvalue weighted by Crippen LogP contribution is -1.87. The summed E-state index contributed by atoms with van der Waals surface area (Å²) in [7, 11) is 0. The summed E-state index contributed by atoms with van der Waals surface area (Å²) in [6.45, 7) is 2.08. The minimum absolute atomic E-state index is 0.631. The van der Waals surface area contributed by atoms with Crippen LogP contribution < -0.4 is 5.73 Å². The van der Waals surface area contributed by atoms with Crippen LogP contribution >= 0.6 is 0 Å². The molecule has 0 saturated carbocycles. The average Bonchev–Trinajstić information content (AvgIpc) is 2.48. The summed E-state index contributed by atoms with van der Waals surface area (Å²) in [6, 6.07) is 1.97. The Bertz CT molecular complexity index is 406. The van der Waals surface area contributed by atoms with Gasteiger partial charge in [0, 0.05) is 6.20 Å². The molecule has 0 aromatic carbocycles. The molecule has 0 amide bonds. The topological polar surface area (TPSA) is 52.0 Å². The minimum atomic E-state index is 0.631. The number of nitrogens with two attached hydrogens (primary N) is 1. The molecule has 2 aromatic heterocycles. The number of nitrogen functional groups attached to an aromatic ring is 1. The molecular formula is C9H10N2O. The third kappa shape index (κ3) is 0.863. The van der Waals surface area contributed by atoms with Crippen LogP contribution in [-0.2, 0) is 6.42 Å². The van der Waals surface area contributed by atoms with E-state index in [4.69, 9.17) is 10.2 Å². The molecule has 0 fully saturated rings. The number of pyridine rings is 1. The molecule has 0 aliphatic carbocycles. The zero-order chi connectivity index (χ0) is 8.55. The molecule has 12 heavy (non-hydrogen) atoms. The predicted octanol–water partition coefficient (Wildman–Crippen LogP) is 1.97. The minimum Gasteiger partial charge on any atom is -0.444 e. The highest BCUT2D eigenvalue weighted by Gasteiger charge is 2.06. The lowest BCUT2D eigenvalue weighted by Gasteiger charge is -1.96. The van der Waals surface area contributed by atoms with Crippen LogP contribution in [0.3, 0.4) is 0 Å². The first-order valence-electron chi connectivity index (χ1n) is 3.93. The summed E-state index contributed by atoms with van der Waals surface area (Å²) in [6.07, 6.45) is 4.23. The Morgan fingerprint density at radius 1 is 1.58 bits per heavy atom. The van der Waals surface area contributed by atoms with Gasteiger partial charge in [0.05, 0.1) is 11.1 Å². The van der Waals surface area contributed by atoms with E-state index in [9.17, 15) is 0 Å². The second-order valence-electron chi connectivity index (χ2n) is 2.69. The number of rotatable bonds is 1. The molecule has 0 spiro atoms. The van der Waals surface area contributed by atoms with Crippen molar-refractivity contribution in [1.29, 1.82) is 0 Å². The van der Waals surface area contributed by atoms with Crippen molar-refractivity contribution in [3.8, 4) is 0 Å². The van der Waals surface area contributed by atoms with Gasteiger partial charge in [-0.15, -0.1) is 0 Å². The zero-order valence-electron chi connectivity index (χ0n) is 6.87. The molecule has 2 rings (SSSR count). The highest BCUT2D eigenvalue weighted by atomic mass is 16.3. The molecule has 62 valence electrons. The van der Waals surface area contributed by atoms with Gasteiger partial charge < -0.3 is 10.2 Å². The quantitative estimate of drug-likeness (QED) is 0.697. The van der Waals surface area contributed by atoms with Crippen LogP contribution in [-0.4, -0.2) is 4.98 Å². The lowest BCUT2D eigenvalue weighted by molar-refractivity contribution is 0.604. The number of nitrogens with zero attached hydrogens (tertiary/aromatic N) is 1. The van der Waals surface area contributed by atoms with E-state index >= 15 is 0 Å². The van der Waals surface area contributed by atoms with E-state index in [1.54, 1.807) is 6.20 Å². The van der Waals surface area contributed by atoms with Crippen LogP contribution in [0.2, 0.25) is 0 Å². The normalized spacial score (nSPS) is 10.8. The number of aryl methyl sites for hydroxylation is 1. The molecule has 2 aromatic rings. The number of furan rings is 1. The highest BCUT2D eigenvalue weighted by Crippen LogP contribution is 2.24. The fourth-order valence-corrected chi connectivity index (χ4v) is 1.35. The van der Waals surface area contributed by atoms with E-state index in [1.165, 1.54) is 11.8 Å². The Labute approximate surface area is 70.2 Å². The number of hydrogen-bond donors (Lipinski definition) is 1. The maximum Gasteiger partial charge on any atom is 0.228 e. The average molecular weight is 162 g/mol. The first-order chi connectivity index (χ1) is 5.83. The molecule has 0 saturated heterocycles. The Balaban J connectivity index is 2.84. The van der Waals surface area contributed by atoms with E-state index in [1.807, 2.05) is 6.07 Å². The monoisotopic (exact) mass is 162 g/mol. The van der Waals surface area contributed by atoms with E-state index in [-0.39, 0.29) is 0 Å². The van der Waals surface area contributed by atoms with Gasteiger partial charge in [0.1, 0.15) is 6.26 Å². The molecule has 0 bridgehead atoms. The van der Waals surface area contributed by atoms with Gasteiger partial charge in [-0.3, -0.25) is 0 Å². The summed E-state index contributed by atoms with van der Waals surface area (Å²) in [5.74, 6) is 0. The van der Waals surface area contributed by atoms with Crippen LogP contribution in [0.4, 0.5) is 5.69 Å². The second-order valence-corrected chi connectivity index (χ2v) is 2.69. The smallest absolute Gasteiger partial charge is 0.228 e. The number of anilines is 1. The molecule has 0 unspecified atom stereocenters. The fraction of sp³-hybridized carbons (Fsp3) is 0.222. The van der Waals surface area contributed by atoms with Gasteiger partial charge >= 0.3 is 0 Å². The largest absolute Gasteiger partial charge is 0.444 e. The molecule has 3 nitrogen and oxygen atoms in total. The molecule has 0 radical (unpaired) electrons. The standard InChI is InChI=1S/C9H10N2O/c1-2-6-3-4-11-9-8(6)7(10)5-12-9/h3-5H,2,10H2,1H3. The molecule has 0 aliphatic heterocycles. The van der Waals surface area contributed by atoms with Gasteiger partial charge in [-0.25, -0.2) is 4.98 Å². The van der Waals surface area contributed by atoms with Crippen LogP contribution in [0.5, 0.6) is 0 Å². The molecular weight excluding hydrogens is 152 g/mol. The van der Waals surface area contributed by atoms with E-state index < -0.39 is 0 Å². The number of fused-ring (bicyclic) bond motifs is 1. The summed E-state index contributed by atoms with van der Waals surface area (Å²) in [5, 5.41) is 0.958. The van der Waals surface area contributed by atoms with Crippen molar-refractivity contribution in [1.82, 2.24) is 4.98 Å². The van der Waals surface area contributed by atoms with Crippen molar-refractivity contribution in [2.24, 2.45) is 0 Å². The van der Waals surface area contributed by atoms with Gasteiger partial charge in [0.25, 0.3) is 0 Å². The van der Waals surface area contributed by atoms with Gasteiger partial charge in [-0.1, -0.05) is 6.92 Å². The Morgan fingerprint density at radius 3 is 3.17 bits per heavy atom. The molecule has 2 heterocycles. The zero-order valence-corrected chi connectivity index (χ0v) is 6.87. The number of aromatic nitrogens is 1. The maximum atomic E-state index is 5.72. The van der Waals surface area contributed by atoms with Crippen molar-refractivity contribution >= 4 is 16.8 Å². The van der Waals surface area contributed by atoms with E-state index in [0.29, 0.717) is 11.4 Å². The summed E-state index contributed by atoms with van der Waals surface area (Å²) < 4.78 is 5.16. The van der Waals surface area contributed by atoms with Gasteiger partial charge in [0.15, 0.2) is 0 Å².